The Morgan fingerprint density at radius 3 is 1.42 bits per heavy atom. The molecule has 0 aromatic carbocycles. The largest absolute Gasteiger partial charge is 0.472 e. The molecular weight excluding hydrogens is 774 g/mol. The molecule has 0 bridgehead atoms. The molecule has 0 spiro atoms. The third kappa shape index (κ3) is 45.2. The van der Waals surface area contributed by atoms with Crippen molar-refractivity contribution in [3.05, 3.63) is 60.8 Å². The third-order valence-electron chi connectivity index (χ3n) is 10.1. The molecule has 0 aromatic rings. The Hall–Kier alpha value is -2.29. The molecule has 0 aliphatic heterocycles. The van der Waals surface area contributed by atoms with Crippen molar-refractivity contribution >= 4 is 19.8 Å². The molecule has 0 fully saturated rings. The number of esters is 2. The van der Waals surface area contributed by atoms with Gasteiger partial charge in [-0.1, -0.05) is 184 Å². The van der Waals surface area contributed by atoms with Gasteiger partial charge in [-0.05, 0) is 57.8 Å². The summed E-state index contributed by atoms with van der Waals surface area (Å²) >= 11 is 0. The predicted octanol–water partition coefficient (Wildman–Crippen LogP) is 14.0. The number of carbonyl (C=O) groups excluding carboxylic acids is 2. The van der Waals surface area contributed by atoms with Gasteiger partial charge in [0.25, 0.3) is 0 Å². The monoisotopic (exact) mass is 865 g/mol. The molecule has 348 valence electrons. The third-order valence-corrected chi connectivity index (χ3v) is 11.0. The van der Waals surface area contributed by atoms with Crippen molar-refractivity contribution in [3.8, 4) is 0 Å². The van der Waals surface area contributed by atoms with Gasteiger partial charge in [0.2, 0.25) is 0 Å². The van der Waals surface area contributed by atoms with Gasteiger partial charge in [0.05, 0.1) is 27.7 Å². The number of nitrogens with zero attached hydrogens (tertiary/aromatic N) is 1. The van der Waals surface area contributed by atoms with Crippen LogP contribution in [-0.4, -0.2) is 74.9 Å². The Morgan fingerprint density at radius 2 is 0.950 bits per heavy atom. The summed E-state index contributed by atoms with van der Waals surface area (Å²) in [6, 6.07) is 0. The predicted molar refractivity (Wildman–Crippen MR) is 252 cm³/mol. The zero-order chi connectivity index (χ0) is 44.3. The number of quaternary nitrogens is 1. The van der Waals surface area contributed by atoms with Crippen molar-refractivity contribution in [2.75, 3.05) is 47.5 Å². The van der Waals surface area contributed by atoms with Gasteiger partial charge in [-0.2, -0.15) is 0 Å². The number of carbonyl (C=O) groups is 2. The van der Waals surface area contributed by atoms with Gasteiger partial charge in [0, 0.05) is 12.8 Å². The van der Waals surface area contributed by atoms with Crippen LogP contribution in [0.25, 0.3) is 0 Å². The fourth-order valence-corrected chi connectivity index (χ4v) is 7.08. The molecule has 0 amide bonds. The number of rotatable bonds is 43. The lowest BCUT2D eigenvalue weighted by molar-refractivity contribution is -0.870. The summed E-state index contributed by atoms with van der Waals surface area (Å²) in [5.41, 5.74) is 0. The first-order valence-corrected chi connectivity index (χ1v) is 25.5. The first-order valence-electron chi connectivity index (χ1n) is 24.0. The average Bonchev–Trinajstić information content (AvgIpc) is 3.20. The molecule has 10 heteroatoms. The Balaban J connectivity index is 3.94. The number of hydrogen-bond donors (Lipinski definition) is 1. The van der Waals surface area contributed by atoms with Gasteiger partial charge >= 0.3 is 19.8 Å². The highest BCUT2D eigenvalue weighted by atomic mass is 31.2. The number of hydrogen-bond acceptors (Lipinski definition) is 7. The summed E-state index contributed by atoms with van der Waals surface area (Å²) in [6.45, 7) is 4.21. The summed E-state index contributed by atoms with van der Waals surface area (Å²) in [7, 11) is 1.47. The molecule has 0 saturated heterocycles. The number of unbranched alkanes of at least 4 members (excludes halogenated alkanes) is 19. The summed E-state index contributed by atoms with van der Waals surface area (Å²) in [6.07, 6.45) is 51.9. The summed E-state index contributed by atoms with van der Waals surface area (Å²) < 4.78 is 34.1. The normalized spacial score (nSPS) is 14.0. The van der Waals surface area contributed by atoms with Crippen LogP contribution >= 0.6 is 7.82 Å². The fraction of sp³-hybridized carbons (Fsp3) is 0.760. The van der Waals surface area contributed by atoms with Gasteiger partial charge in [0.15, 0.2) is 6.10 Å². The highest BCUT2D eigenvalue weighted by Crippen LogP contribution is 2.43. The quantitative estimate of drug-likeness (QED) is 0.0212. The maximum Gasteiger partial charge on any atom is 0.472 e. The molecule has 0 radical (unpaired) electrons. The molecule has 0 aromatic heterocycles. The van der Waals surface area contributed by atoms with Crippen molar-refractivity contribution in [2.24, 2.45) is 0 Å². The standard InChI is InChI=1S/C50H90NO8P/c1-6-8-10-12-13-14-15-16-17-18-19-20-21-22-23-24-25-26-27-28-29-30-31-32-33-34-35-36-37-39-41-43-50(53)59-48(46-56-49(52)42-40-38-11-9-7-2)47-58-60(54,55)57-45-44-51(3,4)5/h8,10,13-14,16-17,19-20,22-23,48H,6-7,9,11-12,15,18,21,24-47H2,1-5H3/p+1/b10-8-,14-13-,17-16-,20-19-,23-22-. The minimum absolute atomic E-state index is 0.0312. The second-order valence-corrected chi connectivity index (χ2v) is 18.6. The fourth-order valence-electron chi connectivity index (χ4n) is 6.33. The van der Waals surface area contributed by atoms with E-state index in [4.69, 9.17) is 18.5 Å². The molecule has 0 saturated carbocycles. The molecule has 2 unspecified atom stereocenters. The first kappa shape index (κ1) is 57.7. The van der Waals surface area contributed by atoms with Crippen LogP contribution in [0.1, 0.15) is 194 Å². The topological polar surface area (TPSA) is 108 Å². The Morgan fingerprint density at radius 1 is 0.533 bits per heavy atom. The first-order chi connectivity index (χ1) is 29.0. The Kier molecular flexibility index (Phi) is 40.4. The second kappa shape index (κ2) is 42.0. The van der Waals surface area contributed by atoms with Crippen LogP contribution in [0, 0.1) is 0 Å². The van der Waals surface area contributed by atoms with Gasteiger partial charge in [0.1, 0.15) is 19.8 Å². The smallest absolute Gasteiger partial charge is 0.462 e. The van der Waals surface area contributed by atoms with Crippen molar-refractivity contribution in [1.82, 2.24) is 0 Å². The van der Waals surface area contributed by atoms with Crippen molar-refractivity contribution in [2.45, 2.75) is 200 Å². The van der Waals surface area contributed by atoms with Crippen molar-refractivity contribution in [3.63, 3.8) is 0 Å². The van der Waals surface area contributed by atoms with E-state index >= 15 is 0 Å². The lowest BCUT2D eigenvalue weighted by Crippen LogP contribution is -2.37. The molecule has 9 nitrogen and oxygen atoms in total. The maximum atomic E-state index is 12.6. The lowest BCUT2D eigenvalue weighted by Gasteiger charge is -2.24. The van der Waals surface area contributed by atoms with Gasteiger partial charge < -0.3 is 18.9 Å². The SMILES string of the molecule is CC/C=C\C/C=C\C/C=C\C/C=C\C/C=C\CCCCCCCCCCCCCCCCCC(=O)OC(COC(=O)CCCCCCC)COP(=O)(O)OCC[N+](C)(C)C. The van der Waals surface area contributed by atoms with E-state index in [0.717, 1.165) is 77.0 Å². The molecule has 0 rings (SSSR count). The van der Waals surface area contributed by atoms with Crippen LogP contribution in [0.4, 0.5) is 0 Å². The highest BCUT2D eigenvalue weighted by molar-refractivity contribution is 7.47. The van der Waals surface area contributed by atoms with Crippen LogP contribution < -0.4 is 0 Å². The molecule has 1 N–H and O–H groups in total. The minimum Gasteiger partial charge on any atom is -0.462 e. The maximum absolute atomic E-state index is 12.6. The van der Waals surface area contributed by atoms with E-state index < -0.39 is 26.5 Å². The zero-order valence-electron chi connectivity index (χ0n) is 39.2. The van der Waals surface area contributed by atoms with Crippen LogP contribution in [0.2, 0.25) is 0 Å². The van der Waals surface area contributed by atoms with Crippen LogP contribution in [-0.2, 0) is 32.7 Å². The highest BCUT2D eigenvalue weighted by Gasteiger charge is 2.27. The number of phosphoric acid groups is 1. The summed E-state index contributed by atoms with van der Waals surface area (Å²) in [5.74, 6) is -0.812. The van der Waals surface area contributed by atoms with E-state index in [1.807, 2.05) is 21.1 Å². The molecule has 0 aliphatic rings. The molecular formula is C50H91NO8P+. The minimum atomic E-state index is -4.36. The van der Waals surface area contributed by atoms with E-state index in [2.05, 4.69) is 74.6 Å². The van der Waals surface area contributed by atoms with Gasteiger partial charge in [-0.3, -0.25) is 18.6 Å². The lowest BCUT2D eigenvalue weighted by atomic mass is 10.0. The molecule has 0 aliphatic carbocycles. The molecule has 0 heterocycles. The molecule has 60 heavy (non-hydrogen) atoms. The number of phosphoric ester groups is 1. The van der Waals surface area contributed by atoms with Crippen molar-refractivity contribution in [1.29, 1.82) is 0 Å². The number of likely N-dealkylation sites (N-methyl/N-ethyl adjacent to an activating group) is 1. The van der Waals surface area contributed by atoms with Crippen LogP contribution in [0.15, 0.2) is 60.8 Å². The number of allylic oxidation sites excluding steroid dienone is 10. The van der Waals surface area contributed by atoms with E-state index in [0.29, 0.717) is 17.4 Å². The second-order valence-electron chi connectivity index (χ2n) is 17.1. The van der Waals surface area contributed by atoms with Gasteiger partial charge in [-0.15, -0.1) is 0 Å². The van der Waals surface area contributed by atoms with E-state index in [9.17, 15) is 19.0 Å². The number of ether oxygens (including phenoxy) is 2. The summed E-state index contributed by atoms with van der Waals surface area (Å²) in [5, 5.41) is 0. The summed E-state index contributed by atoms with van der Waals surface area (Å²) in [4.78, 5) is 35.1. The van der Waals surface area contributed by atoms with Gasteiger partial charge in [-0.25, -0.2) is 4.57 Å². The van der Waals surface area contributed by atoms with E-state index in [1.54, 1.807) is 0 Å². The van der Waals surface area contributed by atoms with Crippen LogP contribution in [0.5, 0.6) is 0 Å². The van der Waals surface area contributed by atoms with E-state index in [-0.39, 0.29) is 32.0 Å². The molecule has 2 atom stereocenters. The van der Waals surface area contributed by atoms with Crippen LogP contribution in [0.3, 0.4) is 0 Å². The Bertz CT molecular complexity index is 1210. The Labute approximate surface area is 368 Å². The zero-order valence-corrected chi connectivity index (χ0v) is 40.1. The van der Waals surface area contributed by atoms with Crippen molar-refractivity contribution < 1.29 is 42.1 Å². The van der Waals surface area contributed by atoms with E-state index in [1.165, 1.54) is 83.5 Å². The average molecular weight is 865 g/mol.